The van der Waals surface area contributed by atoms with Crippen LogP contribution < -0.4 is 0 Å². The summed E-state index contributed by atoms with van der Waals surface area (Å²) in [6.45, 7) is 4.05. The molecule has 0 unspecified atom stereocenters. The largest absolute Gasteiger partial charge is 0.223 e. The van der Waals surface area contributed by atoms with Crippen molar-refractivity contribution in [3.63, 3.8) is 0 Å². The molecule has 1 aromatic carbocycles. The van der Waals surface area contributed by atoms with Crippen molar-refractivity contribution < 1.29 is 4.39 Å². The van der Waals surface area contributed by atoms with E-state index in [-0.39, 0.29) is 17.0 Å². The van der Waals surface area contributed by atoms with Crippen LogP contribution in [0, 0.1) is 5.82 Å². The molecule has 2 aromatic rings. The van der Waals surface area contributed by atoms with Gasteiger partial charge in [-0.2, -0.15) is 0 Å². The van der Waals surface area contributed by atoms with Gasteiger partial charge in [0.2, 0.25) is 5.28 Å². The van der Waals surface area contributed by atoms with E-state index < -0.39 is 0 Å². The van der Waals surface area contributed by atoms with Crippen molar-refractivity contribution in [2.24, 2.45) is 0 Å². The molecule has 0 aliphatic rings. The van der Waals surface area contributed by atoms with Crippen LogP contribution in [-0.2, 0) is 0 Å². The van der Waals surface area contributed by atoms with Gasteiger partial charge in [-0.3, -0.25) is 0 Å². The van der Waals surface area contributed by atoms with Gasteiger partial charge in [-0.15, -0.1) is 0 Å². The summed E-state index contributed by atoms with van der Waals surface area (Å²) in [5.41, 5.74) is 2.32. The number of nitrogens with zero attached hydrogens (tertiary/aromatic N) is 2. The van der Waals surface area contributed by atoms with Gasteiger partial charge in [0.1, 0.15) is 5.82 Å². The molecule has 5 heteroatoms. The molecule has 0 atom stereocenters. The van der Waals surface area contributed by atoms with Crippen molar-refractivity contribution in [1.29, 1.82) is 0 Å². The molecular weight excluding hydrogens is 319 g/mol. The maximum absolute atomic E-state index is 12.9. The fraction of sp³-hybridized carbons (Fsp3) is 0.231. The van der Waals surface area contributed by atoms with Crippen LogP contribution >= 0.6 is 27.5 Å². The summed E-state index contributed by atoms with van der Waals surface area (Å²) in [5.74, 6) is -0.0572. The van der Waals surface area contributed by atoms with E-state index in [1.54, 1.807) is 12.1 Å². The molecule has 0 bridgehead atoms. The second-order valence-corrected chi connectivity index (χ2v) is 5.33. The highest BCUT2D eigenvalue weighted by atomic mass is 79.9. The summed E-state index contributed by atoms with van der Waals surface area (Å²) in [7, 11) is 0. The number of benzene rings is 1. The monoisotopic (exact) mass is 328 g/mol. The van der Waals surface area contributed by atoms with Gasteiger partial charge < -0.3 is 0 Å². The average molecular weight is 330 g/mol. The van der Waals surface area contributed by atoms with Gasteiger partial charge >= 0.3 is 0 Å². The van der Waals surface area contributed by atoms with Crippen LogP contribution in [0.1, 0.15) is 25.5 Å². The maximum atomic E-state index is 12.9. The molecule has 0 aliphatic carbocycles. The van der Waals surface area contributed by atoms with Crippen molar-refractivity contribution in [2.75, 3.05) is 0 Å². The Morgan fingerprint density at radius 3 is 2.33 bits per heavy atom. The smallest absolute Gasteiger partial charge is 0.222 e. The minimum absolute atomic E-state index is 0.196. The Bertz CT molecular complexity index is 570. The minimum atomic E-state index is -0.279. The molecule has 0 radical (unpaired) electrons. The Labute approximate surface area is 118 Å². The van der Waals surface area contributed by atoms with Crippen molar-refractivity contribution >= 4 is 27.5 Å². The lowest BCUT2D eigenvalue weighted by Gasteiger charge is -2.11. The molecule has 0 fully saturated rings. The first-order chi connectivity index (χ1) is 8.49. The average Bonchev–Trinajstić information content (AvgIpc) is 2.32. The van der Waals surface area contributed by atoms with Crippen molar-refractivity contribution in [3.8, 4) is 11.3 Å². The van der Waals surface area contributed by atoms with Gasteiger partial charge in [-0.1, -0.05) is 13.8 Å². The number of hydrogen-bond donors (Lipinski definition) is 0. The summed E-state index contributed by atoms with van der Waals surface area (Å²) in [6.07, 6.45) is 0. The number of rotatable bonds is 2. The van der Waals surface area contributed by atoms with Gasteiger partial charge in [0.15, 0.2) is 0 Å². The SMILES string of the molecule is CC(C)c1nc(Cl)nc(-c2ccc(F)cc2)c1Br. The predicted molar refractivity (Wildman–Crippen MR) is 74.2 cm³/mol. The third kappa shape index (κ3) is 2.70. The third-order valence-electron chi connectivity index (χ3n) is 2.51. The van der Waals surface area contributed by atoms with Crippen LogP contribution in [0.5, 0.6) is 0 Å². The number of aromatic nitrogens is 2. The fourth-order valence-corrected chi connectivity index (χ4v) is 2.66. The first-order valence-electron chi connectivity index (χ1n) is 5.48. The Morgan fingerprint density at radius 1 is 1.17 bits per heavy atom. The number of hydrogen-bond acceptors (Lipinski definition) is 2. The Balaban J connectivity index is 2.60. The fourth-order valence-electron chi connectivity index (χ4n) is 1.62. The second-order valence-electron chi connectivity index (χ2n) is 4.20. The highest BCUT2D eigenvalue weighted by molar-refractivity contribution is 9.10. The molecule has 0 saturated heterocycles. The summed E-state index contributed by atoms with van der Waals surface area (Å²) < 4.78 is 13.7. The second kappa shape index (κ2) is 5.33. The van der Waals surface area contributed by atoms with Crippen molar-refractivity contribution in [2.45, 2.75) is 19.8 Å². The third-order valence-corrected chi connectivity index (χ3v) is 3.46. The van der Waals surface area contributed by atoms with E-state index in [0.717, 1.165) is 15.7 Å². The molecular formula is C13H11BrClFN2. The Kier molecular flexibility index (Phi) is 3.97. The highest BCUT2D eigenvalue weighted by Crippen LogP contribution is 2.33. The lowest BCUT2D eigenvalue weighted by atomic mass is 10.1. The van der Waals surface area contributed by atoms with E-state index in [9.17, 15) is 4.39 Å². The summed E-state index contributed by atoms with van der Waals surface area (Å²) in [6, 6.07) is 6.13. The van der Waals surface area contributed by atoms with Crippen LogP contribution in [0.2, 0.25) is 5.28 Å². The van der Waals surface area contributed by atoms with E-state index in [0.29, 0.717) is 5.69 Å². The predicted octanol–water partition coefficient (Wildman–Crippen LogP) is 4.82. The summed E-state index contributed by atoms with van der Waals surface area (Å²) in [5, 5.41) is 0.196. The molecule has 18 heavy (non-hydrogen) atoms. The quantitative estimate of drug-likeness (QED) is 0.738. The van der Waals surface area contributed by atoms with E-state index >= 15 is 0 Å². The highest BCUT2D eigenvalue weighted by Gasteiger charge is 2.15. The van der Waals surface area contributed by atoms with Crippen LogP contribution in [0.4, 0.5) is 4.39 Å². The van der Waals surface area contributed by atoms with Gasteiger partial charge in [0.25, 0.3) is 0 Å². The zero-order valence-corrected chi connectivity index (χ0v) is 12.3. The van der Waals surface area contributed by atoms with Crippen LogP contribution in [0.15, 0.2) is 28.7 Å². The maximum Gasteiger partial charge on any atom is 0.223 e. The van der Waals surface area contributed by atoms with Gasteiger partial charge in [0.05, 0.1) is 15.9 Å². The number of halogens is 3. The molecule has 0 aliphatic heterocycles. The topological polar surface area (TPSA) is 25.8 Å². The molecule has 0 spiro atoms. The Morgan fingerprint density at radius 2 is 1.78 bits per heavy atom. The minimum Gasteiger partial charge on any atom is -0.222 e. The van der Waals surface area contributed by atoms with E-state index in [1.807, 2.05) is 13.8 Å². The van der Waals surface area contributed by atoms with Crippen molar-refractivity contribution in [3.05, 3.63) is 45.5 Å². The zero-order chi connectivity index (χ0) is 13.3. The van der Waals surface area contributed by atoms with Crippen molar-refractivity contribution in [1.82, 2.24) is 9.97 Å². The van der Waals surface area contributed by atoms with E-state index in [2.05, 4.69) is 25.9 Å². The van der Waals surface area contributed by atoms with Gasteiger partial charge in [-0.25, -0.2) is 14.4 Å². The molecule has 2 rings (SSSR count). The standard InChI is InChI=1S/C13H11BrClFN2/c1-7(2)11-10(14)12(18-13(15)17-11)8-3-5-9(16)6-4-8/h3-7H,1-2H3. The molecule has 2 nitrogen and oxygen atoms in total. The van der Waals surface area contributed by atoms with Crippen LogP contribution in [0.3, 0.4) is 0 Å². The molecule has 0 amide bonds. The van der Waals surface area contributed by atoms with Gasteiger partial charge in [-0.05, 0) is 57.7 Å². The van der Waals surface area contributed by atoms with E-state index in [4.69, 9.17) is 11.6 Å². The molecule has 1 aromatic heterocycles. The lowest BCUT2D eigenvalue weighted by Crippen LogP contribution is -2.00. The Hall–Kier alpha value is -1.00. The summed E-state index contributed by atoms with van der Waals surface area (Å²) in [4.78, 5) is 8.41. The molecule has 94 valence electrons. The first-order valence-corrected chi connectivity index (χ1v) is 6.65. The molecule has 1 heterocycles. The molecule has 0 saturated carbocycles. The van der Waals surface area contributed by atoms with Crippen LogP contribution in [0.25, 0.3) is 11.3 Å². The molecule has 0 N–H and O–H groups in total. The zero-order valence-electron chi connectivity index (χ0n) is 9.92. The summed E-state index contributed by atoms with van der Waals surface area (Å²) >= 11 is 9.42. The van der Waals surface area contributed by atoms with E-state index in [1.165, 1.54) is 12.1 Å². The normalized spacial score (nSPS) is 11.0. The lowest BCUT2D eigenvalue weighted by molar-refractivity contribution is 0.628. The first kappa shape index (κ1) is 13.4. The van der Waals surface area contributed by atoms with Gasteiger partial charge in [0, 0.05) is 5.56 Å². The van der Waals surface area contributed by atoms with Crippen LogP contribution in [-0.4, -0.2) is 9.97 Å².